The highest BCUT2D eigenvalue weighted by Gasteiger charge is 2.40. The quantitative estimate of drug-likeness (QED) is 0.810. The summed E-state index contributed by atoms with van der Waals surface area (Å²) < 4.78 is 0. The van der Waals surface area contributed by atoms with E-state index in [2.05, 4.69) is 31.1 Å². The summed E-state index contributed by atoms with van der Waals surface area (Å²) in [4.78, 5) is 2.73. The minimum absolute atomic E-state index is 0.324. The molecule has 2 nitrogen and oxygen atoms in total. The van der Waals surface area contributed by atoms with Crippen molar-refractivity contribution >= 4 is 0 Å². The molecule has 1 N–H and O–H groups in total. The summed E-state index contributed by atoms with van der Waals surface area (Å²) in [5, 5.41) is 3.64. The van der Waals surface area contributed by atoms with E-state index in [4.69, 9.17) is 0 Å². The first-order valence-corrected chi connectivity index (χ1v) is 7.58. The normalized spacial score (nSPS) is 26.3. The molecular formula is C15H30N2. The number of likely N-dealkylation sites (tertiary alicyclic amines) is 1. The Labute approximate surface area is 107 Å². The van der Waals surface area contributed by atoms with Crippen molar-refractivity contribution in [2.24, 2.45) is 5.92 Å². The largest absolute Gasteiger partial charge is 0.315 e. The summed E-state index contributed by atoms with van der Waals surface area (Å²) in [5.41, 5.74) is 0.324. The van der Waals surface area contributed by atoms with E-state index >= 15 is 0 Å². The first kappa shape index (κ1) is 13.4. The number of piperidine rings is 1. The van der Waals surface area contributed by atoms with Crippen molar-refractivity contribution in [3.8, 4) is 0 Å². The maximum absolute atomic E-state index is 3.64. The Bertz CT molecular complexity index is 225. The van der Waals surface area contributed by atoms with Gasteiger partial charge in [0.05, 0.1) is 0 Å². The summed E-state index contributed by atoms with van der Waals surface area (Å²) in [6.45, 7) is 7.52. The van der Waals surface area contributed by atoms with Crippen LogP contribution in [0.25, 0.3) is 0 Å². The number of likely N-dealkylation sites (N-methyl/N-ethyl adjacent to an activating group) is 1. The molecule has 2 rings (SSSR count). The van der Waals surface area contributed by atoms with E-state index in [1.54, 1.807) is 0 Å². The van der Waals surface area contributed by atoms with Crippen LogP contribution in [0.3, 0.4) is 0 Å². The van der Waals surface area contributed by atoms with Crippen molar-refractivity contribution in [1.29, 1.82) is 0 Å². The zero-order chi connectivity index (χ0) is 12.3. The molecule has 0 aromatic carbocycles. The average molecular weight is 238 g/mol. The van der Waals surface area contributed by atoms with Crippen LogP contribution in [0.5, 0.6) is 0 Å². The van der Waals surface area contributed by atoms with Crippen LogP contribution in [0.4, 0.5) is 0 Å². The fraction of sp³-hybridized carbons (Fsp3) is 1.00. The predicted octanol–water partition coefficient (Wildman–Crippen LogP) is 3.03. The van der Waals surface area contributed by atoms with E-state index in [0.717, 1.165) is 5.92 Å². The highest BCUT2D eigenvalue weighted by atomic mass is 15.2. The van der Waals surface area contributed by atoms with Gasteiger partial charge in [0.2, 0.25) is 0 Å². The average Bonchev–Trinajstić information content (AvgIpc) is 2.84. The van der Waals surface area contributed by atoms with E-state index in [1.165, 1.54) is 58.0 Å². The van der Waals surface area contributed by atoms with Gasteiger partial charge in [0, 0.05) is 11.6 Å². The van der Waals surface area contributed by atoms with Crippen molar-refractivity contribution in [1.82, 2.24) is 10.2 Å². The van der Waals surface area contributed by atoms with Gasteiger partial charge in [-0.15, -0.1) is 0 Å². The predicted molar refractivity (Wildman–Crippen MR) is 74.3 cm³/mol. The van der Waals surface area contributed by atoms with Crippen LogP contribution in [0.2, 0.25) is 0 Å². The monoisotopic (exact) mass is 238 g/mol. The first-order chi connectivity index (χ1) is 8.16. The van der Waals surface area contributed by atoms with Gasteiger partial charge in [-0.1, -0.05) is 19.3 Å². The third-order valence-electron chi connectivity index (χ3n) is 5.11. The van der Waals surface area contributed by atoms with Crippen LogP contribution >= 0.6 is 0 Å². The molecule has 1 unspecified atom stereocenters. The van der Waals surface area contributed by atoms with Gasteiger partial charge >= 0.3 is 0 Å². The van der Waals surface area contributed by atoms with Gasteiger partial charge < -0.3 is 5.32 Å². The minimum Gasteiger partial charge on any atom is -0.315 e. The minimum atomic E-state index is 0.324. The molecule has 1 aliphatic carbocycles. The van der Waals surface area contributed by atoms with Crippen molar-refractivity contribution in [2.45, 2.75) is 70.4 Å². The summed E-state index contributed by atoms with van der Waals surface area (Å²) >= 11 is 0. The Hall–Kier alpha value is -0.0800. The van der Waals surface area contributed by atoms with Gasteiger partial charge in [0.25, 0.3) is 0 Å². The second-order valence-corrected chi connectivity index (χ2v) is 6.51. The maximum Gasteiger partial charge on any atom is 0.0308 e. The molecule has 100 valence electrons. The van der Waals surface area contributed by atoms with Crippen LogP contribution in [0.15, 0.2) is 0 Å². The van der Waals surface area contributed by atoms with E-state index in [0.29, 0.717) is 11.6 Å². The molecule has 1 heterocycles. The van der Waals surface area contributed by atoms with Crippen molar-refractivity contribution in [3.63, 3.8) is 0 Å². The number of hydrogen-bond acceptors (Lipinski definition) is 2. The van der Waals surface area contributed by atoms with Crippen LogP contribution < -0.4 is 5.32 Å². The van der Waals surface area contributed by atoms with Gasteiger partial charge in [0.1, 0.15) is 0 Å². The number of nitrogens with zero attached hydrogens (tertiary/aromatic N) is 1. The Morgan fingerprint density at radius 2 is 1.59 bits per heavy atom. The maximum atomic E-state index is 3.64. The molecule has 0 radical (unpaired) electrons. The van der Waals surface area contributed by atoms with Gasteiger partial charge in [-0.3, -0.25) is 4.90 Å². The van der Waals surface area contributed by atoms with E-state index in [-0.39, 0.29) is 0 Å². The molecular weight excluding hydrogens is 208 g/mol. The SMILES string of the molecule is CNC(C1CCCC1)C(C)(C)N1CCCCC1. The molecule has 1 saturated heterocycles. The lowest BCUT2D eigenvalue weighted by molar-refractivity contribution is 0.0437. The second-order valence-electron chi connectivity index (χ2n) is 6.51. The van der Waals surface area contributed by atoms with Gasteiger partial charge in [-0.2, -0.15) is 0 Å². The highest BCUT2D eigenvalue weighted by Crippen LogP contribution is 2.35. The Morgan fingerprint density at radius 1 is 1.00 bits per heavy atom. The molecule has 1 aliphatic heterocycles. The number of nitrogens with one attached hydrogen (secondary N) is 1. The summed E-state index contributed by atoms with van der Waals surface area (Å²) in [7, 11) is 2.16. The van der Waals surface area contributed by atoms with Gasteiger partial charge in [0.15, 0.2) is 0 Å². The fourth-order valence-electron chi connectivity index (χ4n) is 4.12. The molecule has 2 heteroatoms. The Morgan fingerprint density at radius 3 is 2.12 bits per heavy atom. The molecule has 2 aliphatic rings. The number of hydrogen-bond donors (Lipinski definition) is 1. The lowest BCUT2D eigenvalue weighted by Crippen LogP contribution is -2.60. The zero-order valence-electron chi connectivity index (χ0n) is 12.0. The first-order valence-electron chi connectivity index (χ1n) is 7.58. The highest BCUT2D eigenvalue weighted by molar-refractivity contribution is 4.98. The van der Waals surface area contributed by atoms with E-state index in [1.807, 2.05) is 0 Å². The topological polar surface area (TPSA) is 15.3 Å². The summed E-state index contributed by atoms with van der Waals surface area (Å²) in [6, 6.07) is 0.670. The molecule has 1 saturated carbocycles. The van der Waals surface area contributed by atoms with E-state index in [9.17, 15) is 0 Å². The summed E-state index contributed by atoms with van der Waals surface area (Å²) in [6.07, 6.45) is 9.97. The van der Waals surface area contributed by atoms with Gasteiger partial charge in [-0.25, -0.2) is 0 Å². The molecule has 0 bridgehead atoms. The van der Waals surface area contributed by atoms with Crippen molar-refractivity contribution in [2.75, 3.05) is 20.1 Å². The van der Waals surface area contributed by atoms with Crippen LogP contribution in [0, 0.1) is 5.92 Å². The lowest BCUT2D eigenvalue weighted by atomic mass is 9.81. The zero-order valence-corrected chi connectivity index (χ0v) is 12.0. The third-order valence-corrected chi connectivity index (χ3v) is 5.11. The Kier molecular flexibility index (Phi) is 4.48. The van der Waals surface area contributed by atoms with Crippen molar-refractivity contribution in [3.05, 3.63) is 0 Å². The molecule has 17 heavy (non-hydrogen) atoms. The van der Waals surface area contributed by atoms with Crippen LogP contribution in [0.1, 0.15) is 58.8 Å². The fourth-order valence-corrected chi connectivity index (χ4v) is 4.12. The molecule has 2 fully saturated rings. The molecule has 1 atom stereocenters. The lowest BCUT2D eigenvalue weighted by Gasteiger charge is -2.48. The van der Waals surface area contributed by atoms with Crippen LogP contribution in [-0.2, 0) is 0 Å². The third kappa shape index (κ3) is 2.85. The standard InChI is InChI=1S/C15H30N2/c1-15(2,17-11-7-4-8-12-17)14(16-3)13-9-5-6-10-13/h13-14,16H,4-12H2,1-3H3. The summed E-state index contributed by atoms with van der Waals surface area (Å²) in [5.74, 6) is 0.900. The smallest absolute Gasteiger partial charge is 0.0308 e. The molecule has 0 aromatic rings. The number of rotatable bonds is 4. The molecule has 0 spiro atoms. The second kappa shape index (κ2) is 5.71. The Balaban J connectivity index is 2.04. The van der Waals surface area contributed by atoms with Crippen LogP contribution in [-0.4, -0.2) is 36.6 Å². The molecule has 0 aromatic heterocycles. The van der Waals surface area contributed by atoms with Gasteiger partial charge in [-0.05, 0) is 65.6 Å². The van der Waals surface area contributed by atoms with E-state index < -0.39 is 0 Å². The van der Waals surface area contributed by atoms with Crippen molar-refractivity contribution < 1.29 is 0 Å². The molecule has 0 amide bonds.